The van der Waals surface area contributed by atoms with Crippen molar-refractivity contribution < 1.29 is 9.47 Å². The molecule has 2 atom stereocenters. The van der Waals surface area contributed by atoms with Crippen LogP contribution in [0.3, 0.4) is 0 Å². The Hall–Kier alpha value is -0.160. The van der Waals surface area contributed by atoms with Crippen molar-refractivity contribution in [3.8, 4) is 0 Å². The first kappa shape index (κ1) is 17.2. The van der Waals surface area contributed by atoms with Crippen molar-refractivity contribution in [1.82, 2.24) is 10.2 Å². The molecule has 0 radical (unpaired) electrons. The number of hydrogen-bond acceptors (Lipinski definition) is 4. The first-order chi connectivity index (χ1) is 10.3. The maximum absolute atomic E-state index is 5.84. The van der Waals surface area contributed by atoms with E-state index >= 15 is 0 Å². The summed E-state index contributed by atoms with van der Waals surface area (Å²) in [5.41, 5.74) is 0.322. The Bertz CT molecular complexity index is 278. The predicted molar refractivity (Wildman–Crippen MR) is 86.7 cm³/mol. The molecular weight excluding hydrogens is 264 g/mol. The van der Waals surface area contributed by atoms with Gasteiger partial charge in [0.25, 0.3) is 0 Å². The second-order valence-corrected chi connectivity index (χ2v) is 7.03. The largest absolute Gasteiger partial charge is 0.384 e. The Morgan fingerprint density at radius 3 is 3.00 bits per heavy atom. The maximum Gasteiger partial charge on any atom is 0.0546 e. The molecule has 2 fully saturated rings. The first-order valence-corrected chi connectivity index (χ1v) is 8.78. The Morgan fingerprint density at radius 1 is 1.38 bits per heavy atom. The quantitative estimate of drug-likeness (QED) is 0.696. The van der Waals surface area contributed by atoms with Gasteiger partial charge in [0.1, 0.15) is 0 Å². The summed E-state index contributed by atoms with van der Waals surface area (Å²) in [6.45, 7) is 10.9. The number of methoxy groups -OCH3 is 1. The van der Waals surface area contributed by atoms with Crippen LogP contribution in [0.2, 0.25) is 0 Å². The summed E-state index contributed by atoms with van der Waals surface area (Å²) in [5, 5.41) is 3.64. The van der Waals surface area contributed by atoms with Crippen molar-refractivity contribution in [2.24, 2.45) is 11.3 Å². The molecule has 2 heterocycles. The maximum atomic E-state index is 5.84. The summed E-state index contributed by atoms with van der Waals surface area (Å²) >= 11 is 0. The zero-order chi connectivity index (χ0) is 15.0. The highest BCUT2D eigenvalue weighted by Crippen LogP contribution is 2.31. The predicted octanol–water partition coefficient (Wildman–Crippen LogP) is 2.14. The highest BCUT2D eigenvalue weighted by molar-refractivity contribution is 4.89. The molecule has 4 nitrogen and oxygen atoms in total. The molecular formula is C17H34N2O2. The molecule has 2 aliphatic rings. The topological polar surface area (TPSA) is 33.7 Å². The lowest BCUT2D eigenvalue weighted by atomic mass is 9.81. The fourth-order valence-electron chi connectivity index (χ4n) is 3.90. The van der Waals surface area contributed by atoms with Gasteiger partial charge in [0.05, 0.1) is 13.2 Å². The van der Waals surface area contributed by atoms with E-state index in [9.17, 15) is 0 Å². The Labute approximate surface area is 130 Å². The number of rotatable bonds is 8. The summed E-state index contributed by atoms with van der Waals surface area (Å²) in [5.74, 6) is 0.717. The molecule has 21 heavy (non-hydrogen) atoms. The van der Waals surface area contributed by atoms with Gasteiger partial charge in [-0.05, 0) is 51.1 Å². The summed E-state index contributed by atoms with van der Waals surface area (Å²) in [4.78, 5) is 2.66. The summed E-state index contributed by atoms with van der Waals surface area (Å²) in [7, 11) is 1.82. The van der Waals surface area contributed by atoms with Gasteiger partial charge in [0.2, 0.25) is 0 Å². The number of piperidine rings is 1. The van der Waals surface area contributed by atoms with Crippen molar-refractivity contribution in [3.05, 3.63) is 0 Å². The van der Waals surface area contributed by atoms with Crippen molar-refractivity contribution in [3.63, 3.8) is 0 Å². The lowest BCUT2D eigenvalue weighted by Crippen LogP contribution is -2.51. The van der Waals surface area contributed by atoms with Crippen LogP contribution in [0.25, 0.3) is 0 Å². The summed E-state index contributed by atoms with van der Waals surface area (Å²) < 4.78 is 11.2. The SMILES string of the molecule is CCCNCC1(CN2CCCC(COC)C2)CCCOC1. The minimum Gasteiger partial charge on any atom is -0.384 e. The molecule has 0 aromatic heterocycles. The zero-order valence-electron chi connectivity index (χ0n) is 14.0. The Kier molecular flexibility index (Phi) is 7.44. The lowest BCUT2D eigenvalue weighted by Gasteiger charge is -2.43. The number of ether oxygens (including phenoxy) is 2. The molecule has 0 bridgehead atoms. The van der Waals surface area contributed by atoms with Crippen LogP contribution in [0.15, 0.2) is 0 Å². The highest BCUT2D eigenvalue weighted by atomic mass is 16.5. The van der Waals surface area contributed by atoms with E-state index in [1.807, 2.05) is 7.11 Å². The zero-order valence-corrected chi connectivity index (χ0v) is 14.0. The molecule has 2 unspecified atom stereocenters. The van der Waals surface area contributed by atoms with Gasteiger partial charge >= 0.3 is 0 Å². The lowest BCUT2D eigenvalue weighted by molar-refractivity contribution is -0.0347. The Morgan fingerprint density at radius 2 is 2.29 bits per heavy atom. The molecule has 0 amide bonds. The fourth-order valence-corrected chi connectivity index (χ4v) is 3.90. The van der Waals surface area contributed by atoms with E-state index in [0.29, 0.717) is 11.3 Å². The molecule has 2 aliphatic heterocycles. The van der Waals surface area contributed by atoms with Gasteiger partial charge in [0, 0.05) is 38.8 Å². The minimum atomic E-state index is 0.322. The number of nitrogens with zero attached hydrogens (tertiary/aromatic N) is 1. The molecule has 0 aromatic rings. The van der Waals surface area contributed by atoms with Crippen molar-refractivity contribution >= 4 is 0 Å². The monoisotopic (exact) mass is 298 g/mol. The molecule has 124 valence electrons. The average molecular weight is 298 g/mol. The van der Waals surface area contributed by atoms with Crippen LogP contribution in [0.5, 0.6) is 0 Å². The van der Waals surface area contributed by atoms with Crippen LogP contribution >= 0.6 is 0 Å². The number of nitrogens with one attached hydrogen (secondary N) is 1. The van der Waals surface area contributed by atoms with Gasteiger partial charge in [0.15, 0.2) is 0 Å². The van der Waals surface area contributed by atoms with E-state index in [0.717, 1.165) is 32.9 Å². The average Bonchev–Trinajstić information content (AvgIpc) is 2.49. The smallest absolute Gasteiger partial charge is 0.0546 e. The van der Waals surface area contributed by atoms with E-state index in [1.165, 1.54) is 51.7 Å². The minimum absolute atomic E-state index is 0.322. The van der Waals surface area contributed by atoms with Crippen LogP contribution < -0.4 is 5.32 Å². The van der Waals surface area contributed by atoms with Crippen molar-refractivity contribution in [2.75, 3.05) is 59.7 Å². The molecule has 1 N–H and O–H groups in total. The van der Waals surface area contributed by atoms with Crippen LogP contribution in [0, 0.1) is 11.3 Å². The van der Waals surface area contributed by atoms with Gasteiger partial charge < -0.3 is 19.7 Å². The van der Waals surface area contributed by atoms with Gasteiger partial charge in [-0.2, -0.15) is 0 Å². The standard InChI is InChI=1S/C17H34N2O2/c1-3-8-18-13-17(7-5-10-21-15-17)14-19-9-4-6-16(11-19)12-20-2/h16,18H,3-15H2,1-2H3. The van der Waals surface area contributed by atoms with Gasteiger partial charge in [-0.1, -0.05) is 6.92 Å². The van der Waals surface area contributed by atoms with Crippen LogP contribution in [0.1, 0.15) is 39.0 Å². The molecule has 0 aliphatic carbocycles. The molecule has 0 aromatic carbocycles. The third-order valence-electron chi connectivity index (χ3n) is 4.90. The second-order valence-electron chi connectivity index (χ2n) is 7.03. The van der Waals surface area contributed by atoms with Crippen LogP contribution in [-0.2, 0) is 9.47 Å². The van der Waals surface area contributed by atoms with Gasteiger partial charge in [-0.15, -0.1) is 0 Å². The second kappa shape index (κ2) is 9.09. The molecule has 0 spiro atoms. The summed E-state index contributed by atoms with van der Waals surface area (Å²) in [6.07, 6.45) is 6.35. The molecule has 2 rings (SSSR count). The first-order valence-electron chi connectivity index (χ1n) is 8.78. The van der Waals surface area contributed by atoms with Crippen molar-refractivity contribution in [1.29, 1.82) is 0 Å². The molecule has 0 saturated carbocycles. The van der Waals surface area contributed by atoms with Crippen molar-refractivity contribution in [2.45, 2.75) is 39.0 Å². The third-order valence-corrected chi connectivity index (χ3v) is 4.90. The number of likely N-dealkylation sites (tertiary alicyclic amines) is 1. The summed E-state index contributed by atoms with van der Waals surface area (Å²) in [6, 6.07) is 0. The van der Waals surface area contributed by atoms with Crippen LogP contribution in [0.4, 0.5) is 0 Å². The van der Waals surface area contributed by atoms with E-state index in [4.69, 9.17) is 9.47 Å². The van der Waals surface area contributed by atoms with E-state index in [2.05, 4.69) is 17.1 Å². The van der Waals surface area contributed by atoms with Crippen LogP contribution in [-0.4, -0.2) is 64.6 Å². The van der Waals surface area contributed by atoms with E-state index in [-0.39, 0.29) is 0 Å². The Balaban J connectivity index is 1.87. The number of hydrogen-bond donors (Lipinski definition) is 1. The van der Waals surface area contributed by atoms with E-state index in [1.54, 1.807) is 0 Å². The molecule has 2 saturated heterocycles. The third kappa shape index (κ3) is 5.51. The molecule has 4 heteroatoms. The van der Waals surface area contributed by atoms with Gasteiger partial charge in [-0.25, -0.2) is 0 Å². The van der Waals surface area contributed by atoms with E-state index < -0.39 is 0 Å². The highest BCUT2D eigenvalue weighted by Gasteiger charge is 2.35. The normalized spacial score (nSPS) is 31.4. The fraction of sp³-hybridized carbons (Fsp3) is 1.00. The van der Waals surface area contributed by atoms with Gasteiger partial charge in [-0.3, -0.25) is 0 Å².